The summed E-state index contributed by atoms with van der Waals surface area (Å²) in [6.45, 7) is 5.50. The van der Waals surface area contributed by atoms with E-state index in [4.69, 9.17) is 0 Å². The molecular formula is C25H22F2N6O. The van der Waals surface area contributed by atoms with E-state index >= 15 is 0 Å². The molecule has 0 saturated carbocycles. The number of aromatic amines is 2. The summed E-state index contributed by atoms with van der Waals surface area (Å²) in [5.41, 5.74) is 3.38. The molecule has 172 valence electrons. The number of H-pyrrole nitrogens is 2. The van der Waals surface area contributed by atoms with Gasteiger partial charge in [-0.3, -0.25) is 9.89 Å². The monoisotopic (exact) mass is 460 g/mol. The van der Waals surface area contributed by atoms with Crippen LogP contribution in [0.4, 0.5) is 14.5 Å². The summed E-state index contributed by atoms with van der Waals surface area (Å²) in [6.07, 6.45) is 0.0396. The van der Waals surface area contributed by atoms with Gasteiger partial charge in [-0.05, 0) is 30.7 Å². The van der Waals surface area contributed by atoms with Gasteiger partial charge in [-0.2, -0.15) is 5.10 Å². The van der Waals surface area contributed by atoms with E-state index in [2.05, 4.69) is 36.4 Å². The SMILES string of the molecule is Cc1[nH]nc2nc(Cc3ccc(F)cc3F)c3c(=O)[nH]c4cc(N5CCNCC5)ccc4c3c12. The predicted octanol–water partition coefficient (Wildman–Crippen LogP) is 3.54. The molecule has 0 spiro atoms. The summed E-state index contributed by atoms with van der Waals surface area (Å²) in [5.74, 6) is -1.33. The van der Waals surface area contributed by atoms with Crippen LogP contribution in [0.25, 0.3) is 32.7 Å². The van der Waals surface area contributed by atoms with Crippen LogP contribution in [-0.4, -0.2) is 46.3 Å². The van der Waals surface area contributed by atoms with Gasteiger partial charge >= 0.3 is 0 Å². The van der Waals surface area contributed by atoms with Crippen molar-refractivity contribution in [3.8, 4) is 0 Å². The number of anilines is 1. The Labute approximate surface area is 192 Å². The predicted molar refractivity (Wildman–Crippen MR) is 129 cm³/mol. The third-order valence-electron chi connectivity index (χ3n) is 6.56. The molecule has 4 heterocycles. The number of fused-ring (bicyclic) bond motifs is 5. The molecule has 0 atom stereocenters. The van der Waals surface area contributed by atoms with Crippen molar-refractivity contribution < 1.29 is 8.78 Å². The standard InChI is InChI=1S/C25H22F2N6O/c1-13-21-22-17-5-4-16(33-8-6-28-7-9-33)12-19(17)30-25(34)23(22)20(29-24(21)32-31-13)10-14-2-3-15(26)11-18(14)27/h2-5,11-12,28H,6-10H2,1H3,(H,30,34)(H,29,31,32). The lowest BCUT2D eigenvalue weighted by atomic mass is 9.98. The molecule has 0 bridgehead atoms. The number of halogens is 2. The van der Waals surface area contributed by atoms with Gasteiger partial charge in [-0.15, -0.1) is 0 Å². The maximum atomic E-state index is 14.4. The van der Waals surface area contributed by atoms with E-state index in [1.165, 1.54) is 12.1 Å². The normalized spacial score (nSPS) is 14.5. The molecule has 2 aromatic carbocycles. The summed E-state index contributed by atoms with van der Waals surface area (Å²) >= 11 is 0. The molecule has 0 amide bonds. The summed E-state index contributed by atoms with van der Waals surface area (Å²) in [4.78, 5) is 23.3. The number of nitrogens with one attached hydrogen (secondary N) is 3. The quantitative estimate of drug-likeness (QED) is 0.359. The third-order valence-corrected chi connectivity index (χ3v) is 6.56. The van der Waals surface area contributed by atoms with Crippen LogP contribution in [0.15, 0.2) is 41.2 Å². The number of pyridine rings is 2. The van der Waals surface area contributed by atoms with E-state index in [1.54, 1.807) is 0 Å². The first-order valence-corrected chi connectivity index (χ1v) is 11.2. The first-order valence-electron chi connectivity index (χ1n) is 11.2. The Balaban J connectivity index is 1.62. The number of hydrogen-bond donors (Lipinski definition) is 3. The van der Waals surface area contributed by atoms with Crippen LogP contribution in [0.2, 0.25) is 0 Å². The lowest BCUT2D eigenvalue weighted by molar-refractivity contribution is 0.574. The van der Waals surface area contributed by atoms with Crippen molar-refractivity contribution in [3.63, 3.8) is 0 Å². The van der Waals surface area contributed by atoms with Crippen LogP contribution in [0.1, 0.15) is 17.0 Å². The summed E-state index contributed by atoms with van der Waals surface area (Å²) < 4.78 is 27.9. The van der Waals surface area contributed by atoms with E-state index < -0.39 is 11.6 Å². The second kappa shape index (κ2) is 7.88. The average Bonchev–Trinajstić information content (AvgIpc) is 3.21. The summed E-state index contributed by atoms with van der Waals surface area (Å²) in [5, 5.41) is 13.4. The Morgan fingerprint density at radius 1 is 1.03 bits per heavy atom. The van der Waals surface area contributed by atoms with Gasteiger partial charge < -0.3 is 15.2 Å². The van der Waals surface area contributed by atoms with E-state index in [1.807, 2.05) is 19.1 Å². The van der Waals surface area contributed by atoms with Gasteiger partial charge in [-0.1, -0.05) is 12.1 Å². The fraction of sp³-hybridized carbons (Fsp3) is 0.240. The highest BCUT2D eigenvalue weighted by atomic mass is 19.1. The topological polar surface area (TPSA) is 89.7 Å². The summed E-state index contributed by atoms with van der Waals surface area (Å²) in [7, 11) is 0. The Kier molecular flexibility index (Phi) is 4.80. The number of piperazine rings is 1. The number of aryl methyl sites for hydroxylation is 1. The molecule has 3 N–H and O–H groups in total. The zero-order valence-electron chi connectivity index (χ0n) is 18.5. The number of hydrogen-bond acceptors (Lipinski definition) is 5. The van der Waals surface area contributed by atoms with Gasteiger partial charge in [0.1, 0.15) is 11.6 Å². The van der Waals surface area contributed by atoms with E-state index in [0.717, 1.165) is 65.3 Å². The molecule has 1 saturated heterocycles. The van der Waals surface area contributed by atoms with Gasteiger partial charge in [0.25, 0.3) is 5.56 Å². The lowest BCUT2D eigenvalue weighted by Crippen LogP contribution is -2.43. The highest BCUT2D eigenvalue weighted by molar-refractivity contribution is 6.19. The zero-order chi connectivity index (χ0) is 23.4. The summed E-state index contributed by atoms with van der Waals surface area (Å²) in [6, 6.07) is 9.50. The molecule has 5 aromatic rings. The van der Waals surface area contributed by atoms with Gasteiger partial charge in [0.2, 0.25) is 0 Å². The Hall–Kier alpha value is -3.85. The number of rotatable bonds is 3. The van der Waals surface area contributed by atoms with Gasteiger partial charge in [-0.25, -0.2) is 13.8 Å². The minimum atomic E-state index is -0.675. The van der Waals surface area contributed by atoms with E-state index in [9.17, 15) is 13.6 Å². The van der Waals surface area contributed by atoms with Crippen LogP contribution in [0, 0.1) is 18.6 Å². The van der Waals surface area contributed by atoms with Gasteiger partial charge in [0.05, 0.1) is 22.0 Å². The van der Waals surface area contributed by atoms with Crippen LogP contribution in [-0.2, 0) is 6.42 Å². The second-order valence-corrected chi connectivity index (χ2v) is 8.69. The molecule has 0 radical (unpaired) electrons. The van der Waals surface area contributed by atoms with Crippen molar-refractivity contribution in [2.24, 2.45) is 0 Å². The van der Waals surface area contributed by atoms with Gasteiger partial charge in [0.15, 0.2) is 5.65 Å². The van der Waals surface area contributed by atoms with Crippen molar-refractivity contribution in [1.29, 1.82) is 0 Å². The first kappa shape index (κ1) is 20.7. The largest absolute Gasteiger partial charge is 0.369 e. The lowest BCUT2D eigenvalue weighted by Gasteiger charge is -2.29. The van der Waals surface area contributed by atoms with Crippen LogP contribution in [0.3, 0.4) is 0 Å². The fourth-order valence-electron chi connectivity index (χ4n) is 4.90. The van der Waals surface area contributed by atoms with Crippen LogP contribution >= 0.6 is 0 Å². The highest BCUT2D eigenvalue weighted by Crippen LogP contribution is 2.33. The third kappa shape index (κ3) is 3.31. The number of aromatic nitrogens is 4. The molecule has 0 aliphatic carbocycles. The van der Waals surface area contributed by atoms with Crippen molar-refractivity contribution in [2.75, 3.05) is 31.1 Å². The molecule has 9 heteroatoms. The smallest absolute Gasteiger partial charge is 0.258 e. The molecule has 7 nitrogen and oxygen atoms in total. The van der Waals surface area contributed by atoms with Crippen LogP contribution in [0.5, 0.6) is 0 Å². The Bertz CT molecular complexity index is 1630. The van der Waals surface area contributed by atoms with Crippen molar-refractivity contribution in [3.05, 3.63) is 75.3 Å². The minimum Gasteiger partial charge on any atom is -0.369 e. The van der Waals surface area contributed by atoms with Gasteiger partial charge in [0, 0.05) is 60.8 Å². The number of benzene rings is 2. The van der Waals surface area contributed by atoms with Crippen molar-refractivity contribution in [2.45, 2.75) is 13.3 Å². The van der Waals surface area contributed by atoms with E-state index in [-0.39, 0.29) is 17.5 Å². The molecule has 34 heavy (non-hydrogen) atoms. The molecule has 1 aliphatic heterocycles. The average molecular weight is 460 g/mol. The maximum absolute atomic E-state index is 14.4. The maximum Gasteiger partial charge on any atom is 0.258 e. The Morgan fingerprint density at radius 3 is 2.65 bits per heavy atom. The van der Waals surface area contributed by atoms with E-state index in [0.29, 0.717) is 16.7 Å². The molecule has 1 aliphatic rings. The minimum absolute atomic E-state index is 0.0396. The van der Waals surface area contributed by atoms with Crippen molar-refractivity contribution in [1.82, 2.24) is 25.5 Å². The van der Waals surface area contributed by atoms with Crippen LogP contribution < -0.4 is 15.8 Å². The van der Waals surface area contributed by atoms with Crippen molar-refractivity contribution >= 4 is 38.4 Å². The highest BCUT2D eigenvalue weighted by Gasteiger charge is 2.20. The molecule has 0 unspecified atom stereocenters. The second-order valence-electron chi connectivity index (χ2n) is 8.69. The molecule has 3 aromatic heterocycles. The molecular weight excluding hydrogens is 438 g/mol. The first-order chi connectivity index (χ1) is 16.5. The number of nitrogens with zero attached hydrogens (tertiary/aromatic N) is 3. The zero-order valence-corrected chi connectivity index (χ0v) is 18.5. The molecule has 6 rings (SSSR count). The fourth-order valence-corrected chi connectivity index (χ4v) is 4.90. The molecule has 1 fully saturated rings. The Morgan fingerprint density at radius 2 is 1.85 bits per heavy atom.